The molecule has 0 aliphatic carbocycles. The van der Waals surface area contributed by atoms with Gasteiger partial charge in [-0.15, -0.1) is 0 Å². The molecule has 0 rings (SSSR count). The van der Waals surface area contributed by atoms with Gasteiger partial charge in [0.25, 0.3) is 7.82 Å². The molecule has 10 heteroatoms. The first-order valence-corrected chi connectivity index (χ1v) is 27.7. The van der Waals surface area contributed by atoms with E-state index in [0.717, 1.165) is 96.3 Å². The molecule has 386 valence electrons. The summed E-state index contributed by atoms with van der Waals surface area (Å²) >= 11 is 0. The van der Waals surface area contributed by atoms with Crippen LogP contribution < -0.4 is 4.89 Å². The third-order valence-corrected chi connectivity index (χ3v) is 11.4. The number of carbonyl (C=O) groups is 2. The maximum absolute atomic E-state index is 12.7. The Hall–Kier alpha value is -3.59. The second kappa shape index (κ2) is 48.4. The molecule has 9 nitrogen and oxygen atoms in total. The average molecular weight is 966 g/mol. The lowest BCUT2D eigenvalue weighted by molar-refractivity contribution is -0.870. The molecule has 0 aromatic rings. The predicted molar refractivity (Wildman–Crippen MR) is 286 cm³/mol. The van der Waals surface area contributed by atoms with E-state index in [1.165, 1.54) is 44.9 Å². The number of likely N-dealkylation sites (N-methyl/N-ethyl adjacent to an activating group) is 1. The number of allylic oxidation sites excluding steroid dienone is 20. The van der Waals surface area contributed by atoms with Gasteiger partial charge in [-0.25, -0.2) is 0 Å². The van der Waals surface area contributed by atoms with Crippen LogP contribution in [0.5, 0.6) is 0 Å². The highest BCUT2D eigenvalue weighted by atomic mass is 31.2. The quantitative estimate of drug-likeness (QED) is 0.0195. The van der Waals surface area contributed by atoms with Crippen molar-refractivity contribution in [2.24, 2.45) is 0 Å². The summed E-state index contributed by atoms with van der Waals surface area (Å²) in [5.41, 5.74) is 0. The van der Waals surface area contributed by atoms with E-state index < -0.39 is 32.5 Å². The summed E-state index contributed by atoms with van der Waals surface area (Å²) in [6.45, 7) is 4.01. The predicted octanol–water partition coefficient (Wildman–Crippen LogP) is 15.4. The Labute approximate surface area is 416 Å². The number of esters is 2. The highest BCUT2D eigenvalue weighted by molar-refractivity contribution is 7.45. The summed E-state index contributed by atoms with van der Waals surface area (Å²) in [5, 5.41) is 0. The molecule has 0 saturated carbocycles. The topological polar surface area (TPSA) is 111 Å². The molecular formula is C58H96NO8P. The number of carbonyl (C=O) groups excluding carboxylic acids is 2. The molecule has 0 aromatic heterocycles. The van der Waals surface area contributed by atoms with Crippen molar-refractivity contribution in [2.75, 3.05) is 47.5 Å². The summed E-state index contributed by atoms with van der Waals surface area (Å²) < 4.78 is 34.0. The molecule has 0 fully saturated rings. The normalized spacial score (nSPS) is 14.4. The Morgan fingerprint density at radius 1 is 0.471 bits per heavy atom. The fourth-order valence-electron chi connectivity index (χ4n) is 6.40. The molecule has 0 N–H and O–H groups in total. The molecule has 0 aliphatic rings. The lowest BCUT2D eigenvalue weighted by Gasteiger charge is -2.28. The van der Waals surface area contributed by atoms with Gasteiger partial charge < -0.3 is 27.9 Å². The van der Waals surface area contributed by atoms with Crippen LogP contribution in [0.3, 0.4) is 0 Å². The Bertz CT molecular complexity index is 1560. The van der Waals surface area contributed by atoms with Gasteiger partial charge in [0.05, 0.1) is 27.7 Å². The zero-order valence-electron chi connectivity index (χ0n) is 43.5. The van der Waals surface area contributed by atoms with Crippen LogP contribution in [0, 0.1) is 0 Å². The van der Waals surface area contributed by atoms with Gasteiger partial charge in [-0.05, 0) is 109 Å². The van der Waals surface area contributed by atoms with Crippen molar-refractivity contribution in [3.05, 3.63) is 122 Å². The van der Waals surface area contributed by atoms with E-state index in [2.05, 4.69) is 135 Å². The van der Waals surface area contributed by atoms with Gasteiger partial charge in [0, 0.05) is 12.8 Å². The molecule has 0 bridgehead atoms. The lowest BCUT2D eigenvalue weighted by atomic mass is 10.1. The molecule has 0 aliphatic heterocycles. The lowest BCUT2D eigenvalue weighted by Crippen LogP contribution is -2.37. The van der Waals surface area contributed by atoms with Gasteiger partial charge in [0.15, 0.2) is 6.10 Å². The number of quaternary nitrogens is 1. The molecular weight excluding hydrogens is 870 g/mol. The fourth-order valence-corrected chi connectivity index (χ4v) is 7.13. The number of hydrogen-bond donors (Lipinski definition) is 0. The van der Waals surface area contributed by atoms with E-state index in [1.807, 2.05) is 21.1 Å². The van der Waals surface area contributed by atoms with Crippen molar-refractivity contribution >= 4 is 19.8 Å². The molecule has 0 saturated heterocycles. The Morgan fingerprint density at radius 2 is 0.838 bits per heavy atom. The van der Waals surface area contributed by atoms with Gasteiger partial charge in [-0.3, -0.25) is 14.2 Å². The number of rotatable bonds is 46. The second-order valence-corrected chi connectivity index (χ2v) is 19.6. The number of unbranched alkanes of at least 4 members (excludes halogenated alkanes) is 12. The van der Waals surface area contributed by atoms with Gasteiger partial charge in [-0.1, -0.05) is 180 Å². The van der Waals surface area contributed by atoms with Crippen LogP contribution in [0.4, 0.5) is 0 Å². The zero-order valence-corrected chi connectivity index (χ0v) is 44.4. The molecule has 0 radical (unpaired) electrons. The van der Waals surface area contributed by atoms with Gasteiger partial charge in [0.2, 0.25) is 0 Å². The Morgan fingerprint density at radius 3 is 1.28 bits per heavy atom. The van der Waals surface area contributed by atoms with Crippen molar-refractivity contribution in [1.29, 1.82) is 0 Å². The zero-order chi connectivity index (χ0) is 49.9. The number of hydrogen-bond acceptors (Lipinski definition) is 8. The first kappa shape index (κ1) is 64.4. The number of nitrogens with zero attached hydrogens (tertiary/aromatic N) is 1. The van der Waals surface area contributed by atoms with E-state index in [0.29, 0.717) is 23.9 Å². The third kappa shape index (κ3) is 51.8. The summed E-state index contributed by atoms with van der Waals surface area (Å²) in [6, 6.07) is 0. The molecule has 0 heterocycles. The monoisotopic (exact) mass is 966 g/mol. The largest absolute Gasteiger partial charge is 0.756 e. The van der Waals surface area contributed by atoms with Crippen LogP contribution >= 0.6 is 7.82 Å². The van der Waals surface area contributed by atoms with E-state index >= 15 is 0 Å². The number of ether oxygens (including phenoxy) is 2. The van der Waals surface area contributed by atoms with Crippen molar-refractivity contribution in [1.82, 2.24) is 0 Å². The minimum Gasteiger partial charge on any atom is -0.756 e. The van der Waals surface area contributed by atoms with Crippen molar-refractivity contribution in [3.8, 4) is 0 Å². The maximum Gasteiger partial charge on any atom is 0.306 e. The molecule has 68 heavy (non-hydrogen) atoms. The standard InChI is InChI=1S/C58H96NO8P/c1-6-8-10-12-14-16-18-20-22-24-25-26-27-28-29-30-31-32-33-35-37-39-41-43-45-47-49-51-58(61)67-56(55-66-68(62,63)65-53-52-59(3,4)5)54-64-57(60)50-48-46-44-42-40-38-36-34-23-21-19-17-15-13-11-9-7-2/h8,10,14-17,20-23,25-26,28-29,31-32,35,37,41,43,56H,6-7,9,11-13,18-19,24,27,30,33-34,36,38-40,42,44-55H2,1-5H3/b10-8-,16-14-,17-15-,22-20-,23-21-,26-25-,29-28-,32-31-,37-35-,43-41-. The van der Waals surface area contributed by atoms with E-state index in [4.69, 9.17) is 18.5 Å². The maximum atomic E-state index is 12.7. The highest BCUT2D eigenvalue weighted by Gasteiger charge is 2.21. The number of phosphoric acid groups is 1. The first-order valence-electron chi connectivity index (χ1n) is 26.2. The first-order chi connectivity index (χ1) is 33.0. The minimum atomic E-state index is -4.66. The van der Waals surface area contributed by atoms with Gasteiger partial charge in [0.1, 0.15) is 19.8 Å². The summed E-state index contributed by atoms with van der Waals surface area (Å²) in [4.78, 5) is 37.7. The fraction of sp³-hybridized carbons (Fsp3) is 0.621. The molecule has 0 spiro atoms. The smallest absolute Gasteiger partial charge is 0.306 e. The summed E-state index contributed by atoms with van der Waals surface area (Å²) in [6.07, 6.45) is 68.0. The molecule has 0 aromatic carbocycles. The van der Waals surface area contributed by atoms with Crippen LogP contribution in [0.25, 0.3) is 0 Å². The Kier molecular flexibility index (Phi) is 45.9. The number of phosphoric ester groups is 1. The minimum absolute atomic E-state index is 0.0481. The molecule has 2 atom stereocenters. The van der Waals surface area contributed by atoms with Crippen LogP contribution in [0.2, 0.25) is 0 Å². The van der Waals surface area contributed by atoms with Crippen LogP contribution in [-0.4, -0.2) is 70.0 Å². The van der Waals surface area contributed by atoms with Crippen LogP contribution in [-0.2, 0) is 32.7 Å². The van der Waals surface area contributed by atoms with E-state index in [1.54, 1.807) is 0 Å². The van der Waals surface area contributed by atoms with Crippen LogP contribution in [0.15, 0.2) is 122 Å². The van der Waals surface area contributed by atoms with Crippen molar-refractivity contribution in [2.45, 2.75) is 187 Å². The van der Waals surface area contributed by atoms with Gasteiger partial charge >= 0.3 is 11.9 Å². The average Bonchev–Trinajstić information content (AvgIpc) is 3.30. The second-order valence-electron chi connectivity index (χ2n) is 18.1. The van der Waals surface area contributed by atoms with Crippen molar-refractivity contribution in [3.63, 3.8) is 0 Å². The molecule has 0 amide bonds. The Balaban J connectivity index is 4.38. The molecule has 2 unspecified atom stereocenters. The van der Waals surface area contributed by atoms with Gasteiger partial charge in [-0.2, -0.15) is 0 Å². The summed E-state index contributed by atoms with van der Waals surface area (Å²) in [5.74, 6) is -0.905. The highest BCUT2D eigenvalue weighted by Crippen LogP contribution is 2.38. The SMILES string of the molecule is CC/C=C\C/C=C\C/C=C\C/C=C\C/C=C\C/C=C\C/C=C\C/C=C\CCCCC(=O)OC(COC(=O)CCCCCCCCC/C=C\C/C=C\CCCCC)COP(=O)([O-])OCC[N+](C)(C)C. The van der Waals surface area contributed by atoms with Crippen molar-refractivity contribution < 1.29 is 42.1 Å². The third-order valence-electron chi connectivity index (χ3n) is 10.5. The summed E-state index contributed by atoms with van der Waals surface area (Å²) in [7, 11) is 1.11. The van der Waals surface area contributed by atoms with Crippen LogP contribution in [0.1, 0.15) is 181 Å². The van der Waals surface area contributed by atoms with E-state index in [9.17, 15) is 19.0 Å². The van der Waals surface area contributed by atoms with E-state index in [-0.39, 0.29) is 26.1 Å².